The Hall–Kier alpha value is -5.92. The monoisotopic (exact) mass is 624 g/mol. The molecule has 45 heavy (non-hydrogen) atoms. The van der Waals surface area contributed by atoms with Gasteiger partial charge in [0.25, 0.3) is 0 Å². The van der Waals surface area contributed by atoms with Gasteiger partial charge in [0.05, 0.1) is 70.2 Å². The Morgan fingerprint density at radius 2 is 0.978 bits per heavy atom. The number of carbonyl (C=O) groups excluding carboxylic acids is 3. The largest absolute Gasteiger partial charge is 0.481 e. The normalized spacial score (nSPS) is 10.1. The molecule has 0 saturated carbocycles. The number of nitrogens with zero attached hydrogens (tertiary/aromatic N) is 2. The van der Waals surface area contributed by atoms with E-state index < -0.39 is 35.5 Å². The standard InChI is InChI=1S/C16H14FNO5.C15H12FNO5/c1-21-14-7-11(13(17)8-18-14)10-5-4-9(15(19)22-2)6-12(10)16(20)23-3;1-21-13-6-10(12(16)7-17-13)9-4-3-8(14(18)19)5-11(9)15(20)22-2/h4-8H,1-3H3;3-7H,1-2H3,(H,18,19). The molecule has 1 N–H and O–H groups in total. The molecule has 4 rings (SSSR count). The second-order valence-electron chi connectivity index (χ2n) is 8.71. The lowest BCUT2D eigenvalue weighted by atomic mass is 9.97. The highest BCUT2D eigenvalue weighted by Gasteiger charge is 2.21. The summed E-state index contributed by atoms with van der Waals surface area (Å²) in [5, 5.41) is 9.01. The third-order valence-corrected chi connectivity index (χ3v) is 6.18. The molecule has 0 aliphatic carbocycles. The van der Waals surface area contributed by atoms with E-state index in [-0.39, 0.29) is 56.3 Å². The van der Waals surface area contributed by atoms with Gasteiger partial charge in [0.1, 0.15) is 11.6 Å². The SMILES string of the molecule is COC(=O)c1cc(C(=O)O)ccc1-c1cc(OC)ncc1F.COC(=O)c1ccc(-c2cc(OC)ncc2F)c(C(=O)OC)c1. The van der Waals surface area contributed by atoms with Gasteiger partial charge < -0.3 is 28.8 Å². The van der Waals surface area contributed by atoms with Crippen LogP contribution in [0.5, 0.6) is 11.8 Å². The van der Waals surface area contributed by atoms with Gasteiger partial charge in [-0.05, 0) is 35.4 Å². The number of aromatic carboxylic acids is 1. The van der Waals surface area contributed by atoms with E-state index in [1.807, 2.05) is 0 Å². The van der Waals surface area contributed by atoms with E-state index in [0.717, 1.165) is 25.6 Å². The zero-order chi connectivity index (χ0) is 33.3. The van der Waals surface area contributed by atoms with Crippen LogP contribution in [0.25, 0.3) is 22.3 Å². The molecule has 0 saturated heterocycles. The Balaban J connectivity index is 0.000000246. The van der Waals surface area contributed by atoms with E-state index in [1.54, 1.807) is 0 Å². The zero-order valence-corrected chi connectivity index (χ0v) is 24.5. The van der Waals surface area contributed by atoms with Gasteiger partial charge in [-0.1, -0.05) is 12.1 Å². The number of carboxylic acids is 1. The molecule has 0 spiro atoms. The van der Waals surface area contributed by atoms with Gasteiger partial charge in [-0.3, -0.25) is 0 Å². The van der Waals surface area contributed by atoms with Crippen molar-refractivity contribution in [1.82, 2.24) is 9.97 Å². The van der Waals surface area contributed by atoms with E-state index in [1.165, 1.54) is 70.9 Å². The number of benzene rings is 2. The molecule has 0 aliphatic heterocycles. The molecule has 12 nitrogen and oxygen atoms in total. The molecule has 234 valence electrons. The molecule has 0 fully saturated rings. The summed E-state index contributed by atoms with van der Waals surface area (Å²) in [6.07, 6.45) is 1.95. The van der Waals surface area contributed by atoms with Crippen molar-refractivity contribution in [3.63, 3.8) is 0 Å². The predicted molar refractivity (Wildman–Crippen MR) is 153 cm³/mol. The van der Waals surface area contributed by atoms with E-state index in [9.17, 15) is 28.0 Å². The molecular weight excluding hydrogens is 598 g/mol. The van der Waals surface area contributed by atoms with Gasteiger partial charge in [-0.2, -0.15) is 0 Å². The highest BCUT2D eigenvalue weighted by Crippen LogP contribution is 2.31. The van der Waals surface area contributed by atoms with Crippen LogP contribution in [-0.4, -0.2) is 74.5 Å². The Morgan fingerprint density at radius 1 is 0.578 bits per heavy atom. The summed E-state index contributed by atoms with van der Waals surface area (Å²) in [5.74, 6) is -4.26. The number of rotatable bonds is 8. The van der Waals surface area contributed by atoms with Crippen LogP contribution in [0, 0.1) is 11.6 Å². The summed E-state index contributed by atoms with van der Waals surface area (Å²) < 4.78 is 52.0. The molecule has 14 heteroatoms. The first-order chi connectivity index (χ1) is 21.5. The fourth-order valence-corrected chi connectivity index (χ4v) is 3.97. The van der Waals surface area contributed by atoms with Crippen molar-refractivity contribution in [3.8, 4) is 34.0 Å². The topological polar surface area (TPSA) is 160 Å². The Labute approximate surface area is 255 Å². The van der Waals surface area contributed by atoms with E-state index in [2.05, 4.69) is 19.4 Å². The van der Waals surface area contributed by atoms with Crippen molar-refractivity contribution in [2.24, 2.45) is 0 Å². The molecule has 2 aromatic heterocycles. The van der Waals surface area contributed by atoms with Crippen molar-refractivity contribution < 1.29 is 56.7 Å². The maximum atomic E-state index is 14.1. The average Bonchev–Trinajstić information content (AvgIpc) is 3.07. The molecule has 0 amide bonds. The minimum absolute atomic E-state index is 0.0301. The van der Waals surface area contributed by atoms with Crippen molar-refractivity contribution in [3.05, 3.63) is 94.8 Å². The second kappa shape index (κ2) is 15.0. The fourth-order valence-electron chi connectivity index (χ4n) is 3.97. The highest BCUT2D eigenvalue weighted by atomic mass is 19.1. The molecule has 0 unspecified atom stereocenters. The van der Waals surface area contributed by atoms with Gasteiger partial charge in [-0.15, -0.1) is 0 Å². The molecule has 0 aliphatic rings. The van der Waals surface area contributed by atoms with Gasteiger partial charge in [0, 0.05) is 23.3 Å². The van der Waals surface area contributed by atoms with Crippen LogP contribution < -0.4 is 9.47 Å². The summed E-state index contributed by atoms with van der Waals surface area (Å²) in [6, 6.07) is 10.6. The van der Waals surface area contributed by atoms with Crippen molar-refractivity contribution in [1.29, 1.82) is 0 Å². The molecule has 4 aromatic rings. The lowest BCUT2D eigenvalue weighted by molar-refractivity contribution is 0.0587. The Bertz CT molecular complexity index is 1760. The van der Waals surface area contributed by atoms with Crippen LogP contribution >= 0.6 is 0 Å². The average molecular weight is 625 g/mol. The lowest BCUT2D eigenvalue weighted by Crippen LogP contribution is -2.08. The number of methoxy groups -OCH3 is 5. The first kappa shape index (κ1) is 33.6. The summed E-state index contributed by atoms with van der Waals surface area (Å²) in [7, 11) is 6.34. The van der Waals surface area contributed by atoms with Crippen LogP contribution in [0.3, 0.4) is 0 Å². The smallest absolute Gasteiger partial charge is 0.338 e. The summed E-state index contributed by atoms with van der Waals surface area (Å²) in [6.45, 7) is 0. The fraction of sp³-hybridized carbons (Fsp3) is 0.161. The molecule has 0 bridgehead atoms. The first-order valence-corrected chi connectivity index (χ1v) is 12.7. The Kier molecular flexibility index (Phi) is 11.2. The highest BCUT2D eigenvalue weighted by molar-refractivity contribution is 6.01. The quantitative estimate of drug-likeness (QED) is 0.210. The van der Waals surface area contributed by atoms with Crippen LogP contribution in [-0.2, 0) is 14.2 Å². The summed E-state index contributed by atoms with van der Waals surface area (Å²) >= 11 is 0. The Morgan fingerprint density at radius 3 is 1.36 bits per heavy atom. The minimum Gasteiger partial charge on any atom is -0.481 e. The van der Waals surface area contributed by atoms with Crippen molar-refractivity contribution in [2.75, 3.05) is 35.5 Å². The number of aromatic nitrogens is 2. The number of hydrogen-bond acceptors (Lipinski definition) is 11. The number of pyridine rings is 2. The summed E-state index contributed by atoms with van der Waals surface area (Å²) in [5.41, 5.74) is 0.622. The maximum absolute atomic E-state index is 14.1. The molecular formula is C31H26F2N2O10. The third kappa shape index (κ3) is 7.73. The van der Waals surface area contributed by atoms with Crippen molar-refractivity contribution in [2.45, 2.75) is 0 Å². The summed E-state index contributed by atoms with van der Waals surface area (Å²) in [4.78, 5) is 54.0. The molecule has 0 radical (unpaired) electrons. The second-order valence-corrected chi connectivity index (χ2v) is 8.71. The van der Waals surface area contributed by atoms with Gasteiger partial charge in [-0.25, -0.2) is 37.9 Å². The zero-order valence-electron chi connectivity index (χ0n) is 24.5. The first-order valence-electron chi connectivity index (χ1n) is 12.7. The van der Waals surface area contributed by atoms with Crippen LogP contribution in [0.4, 0.5) is 8.78 Å². The number of carbonyl (C=O) groups is 4. The number of hydrogen-bond donors (Lipinski definition) is 1. The van der Waals surface area contributed by atoms with Crippen LogP contribution in [0.1, 0.15) is 41.4 Å². The van der Waals surface area contributed by atoms with Crippen LogP contribution in [0.2, 0.25) is 0 Å². The number of ether oxygens (including phenoxy) is 5. The minimum atomic E-state index is -1.20. The third-order valence-electron chi connectivity index (χ3n) is 6.18. The molecule has 2 heterocycles. The van der Waals surface area contributed by atoms with Gasteiger partial charge in [0.2, 0.25) is 11.8 Å². The van der Waals surface area contributed by atoms with E-state index in [0.29, 0.717) is 0 Å². The number of carboxylic acid groups (broad SMARTS) is 1. The van der Waals surface area contributed by atoms with E-state index in [4.69, 9.17) is 19.3 Å². The molecule has 2 aromatic carbocycles. The number of esters is 3. The lowest BCUT2D eigenvalue weighted by Gasteiger charge is -2.11. The van der Waals surface area contributed by atoms with Gasteiger partial charge >= 0.3 is 23.9 Å². The van der Waals surface area contributed by atoms with Crippen LogP contribution in [0.15, 0.2) is 60.9 Å². The molecule has 0 atom stereocenters. The number of halogens is 2. The van der Waals surface area contributed by atoms with Crippen molar-refractivity contribution >= 4 is 23.9 Å². The van der Waals surface area contributed by atoms with E-state index >= 15 is 0 Å². The van der Waals surface area contributed by atoms with Gasteiger partial charge in [0.15, 0.2) is 0 Å². The maximum Gasteiger partial charge on any atom is 0.338 e. The predicted octanol–water partition coefficient (Wildman–Crippen LogP) is 4.85.